The number of halogens is 1. The van der Waals surface area contributed by atoms with E-state index < -0.39 is 17.6 Å². The molecule has 0 saturated carbocycles. The molecule has 0 saturated heterocycles. The van der Waals surface area contributed by atoms with Gasteiger partial charge in [0.2, 0.25) is 0 Å². The van der Waals surface area contributed by atoms with Crippen LogP contribution in [0.5, 0.6) is 0 Å². The summed E-state index contributed by atoms with van der Waals surface area (Å²) >= 11 is 6.33. The van der Waals surface area contributed by atoms with Crippen molar-refractivity contribution in [2.24, 2.45) is 0 Å². The van der Waals surface area contributed by atoms with Gasteiger partial charge in [0.05, 0.1) is 28.0 Å². The lowest BCUT2D eigenvalue weighted by atomic mass is 10.1. The number of carbonyl (C=O) groups is 2. The lowest BCUT2D eigenvalue weighted by Gasteiger charge is -2.24. The number of esters is 1. The van der Waals surface area contributed by atoms with E-state index in [1.807, 2.05) is 12.2 Å². The van der Waals surface area contributed by atoms with E-state index >= 15 is 0 Å². The van der Waals surface area contributed by atoms with Crippen molar-refractivity contribution in [1.29, 1.82) is 0 Å². The van der Waals surface area contributed by atoms with Crippen LogP contribution in [0.2, 0.25) is 5.02 Å². The maximum absolute atomic E-state index is 13.1. The van der Waals surface area contributed by atoms with Gasteiger partial charge < -0.3 is 9.64 Å². The molecule has 2 aliphatic rings. The summed E-state index contributed by atoms with van der Waals surface area (Å²) in [5.41, 5.74) is 1.21. The Balaban J connectivity index is 1.94. The fourth-order valence-electron chi connectivity index (χ4n) is 3.35. The standard InChI is InChI=1S/C19H18ClN3O3/c1-19(2,3)26-18(25)15-16-13-8-5-9-22(13)17(24)14-11(20)6-4-7-12(14)23(16)10-21-15/h4-8,10,13H,9H2,1-3H3/t13-/m0/s1. The Morgan fingerprint density at radius 1 is 1.35 bits per heavy atom. The zero-order valence-electron chi connectivity index (χ0n) is 14.7. The van der Waals surface area contributed by atoms with Crippen LogP contribution in [0.3, 0.4) is 0 Å². The van der Waals surface area contributed by atoms with Crippen molar-refractivity contribution in [3.8, 4) is 5.69 Å². The number of aromatic nitrogens is 2. The molecule has 7 heteroatoms. The van der Waals surface area contributed by atoms with E-state index in [0.717, 1.165) is 0 Å². The molecular weight excluding hydrogens is 354 g/mol. The first-order valence-corrected chi connectivity index (χ1v) is 8.73. The maximum atomic E-state index is 13.1. The first-order valence-electron chi connectivity index (χ1n) is 8.35. The van der Waals surface area contributed by atoms with E-state index in [0.29, 0.717) is 28.5 Å². The third-order valence-electron chi connectivity index (χ3n) is 4.36. The molecule has 0 radical (unpaired) electrons. The van der Waals surface area contributed by atoms with Crippen LogP contribution in [-0.2, 0) is 4.74 Å². The van der Waals surface area contributed by atoms with Crippen LogP contribution in [0.4, 0.5) is 0 Å². The number of hydrogen-bond acceptors (Lipinski definition) is 4. The molecule has 1 aromatic heterocycles. The summed E-state index contributed by atoms with van der Waals surface area (Å²) in [5, 5.41) is 0.374. The Hall–Kier alpha value is -2.60. The topological polar surface area (TPSA) is 64.4 Å². The highest BCUT2D eigenvalue weighted by Gasteiger charge is 2.39. The van der Waals surface area contributed by atoms with Crippen molar-refractivity contribution >= 4 is 23.5 Å². The van der Waals surface area contributed by atoms with Crippen LogP contribution in [-0.4, -0.2) is 38.5 Å². The van der Waals surface area contributed by atoms with Gasteiger partial charge in [0.1, 0.15) is 11.9 Å². The van der Waals surface area contributed by atoms with Gasteiger partial charge in [-0.3, -0.25) is 9.36 Å². The molecular formula is C19H18ClN3O3. The number of fused-ring (bicyclic) bond motifs is 5. The third kappa shape index (κ3) is 2.52. The first-order chi connectivity index (χ1) is 12.3. The molecule has 26 heavy (non-hydrogen) atoms. The number of benzene rings is 1. The summed E-state index contributed by atoms with van der Waals surface area (Å²) in [6.07, 6.45) is 5.35. The largest absolute Gasteiger partial charge is 0.455 e. The summed E-state index contributed by atoms with van der Waals surface area (Å²) in [6, 6.07) is 4.87. The van der Waals surface area contributed by atoms with Gasteiger partial charge in [0, 0.05) is 6.54 Å². The van der Waals surface area contributed by atoms with Crippen molar-refractivity contribution in [1.82, 2.24) is 14.5 Å². The van der Waals surface area contributed by atoms with Gasteiger partial charge in [-0.15, -0.1) is 0 Å². The highest BCUT2D eigenvalue weighted by Crippen LogP contribution is 2.39. The predicted molar refractivity (Wildman–Crippen MR) is 96.7 cm³/mol. The number of nitrogens with zero attached hydrogens (tertiary/aromatic N) is 3. The van der Waals surface area contributed by atoms with Gasteiger partial charge in [-0.25, -0.2) is 9.78 Å². The van der Waals surface area contributed by atoms with Crippen molar-refractivity contribution in [3.05, 3.63) is 58.7 Å². The number of hydrogen-bond donors (Lipinski definition) is 0. The van der Waals surface area contributed by atoms with Crippen LogP contribution < -0.4 is 0 Å². The second kappa shape index (κ2) is 5.71. The van der Waals surface area contributed by atoms with Gasteiger partial charge in [-0.2, -0.15) is 0 Å². The molecule has 134 valence electrons. The maximum Gasteiger partial charge on any atom is 0.359 e. The molecule has 0 bridgehead atoms. The van der Waals surface area contributed by atoms with E-state index in [-0.39, 0.29) is 11.6 Å². The average Bonchev–Trinajstić information content (AvgIpc) is 3.17. The zero-order chi connectivity index (χ0) is 18.6. The quantitative estimate of drug-likeness (QED) is 0.568. The van der Waals surface area contributed by atoms with Crippen molar-refractivity contribution in [3.63, 3.8) is 0 Å². The fraction of sp³-hybridized carbons (Fsp3) is 0.316. The number of imidazole rings is 1. The Morgan fingerprint density at radius 3 is 2.85 bits per heavy atom. The second-order valence-electron chi connectivity index (χ2n) is 7.31. The number of ether oxygens (including phenoxy) is 1. The monoisotopic (exact) mass is 371 g/mol. The molecule has 1 atom stereocenters. The Kier molecular flexibility index (Phi) is 3.70. The fourth-order valence-corrected chi connectivity index (χ4v) is 3.60. The van der Waals surface area contributed by atoms with Gasteiger partial charge in [0.25, 0.3) is 5.91 Å². The number of amides is 1. The molecule has 2 aromatic rings. The SMILES string of the molecule is CC(C)(C)OC(=O)c1ncn2c1[C@@H]1C=CCN1C(=O)c1c(Cl)cccc1-2. The molecule has 0 aliphatic carbocycles. The minimum absolute atomic E-state index is 0.167. The lowest BCUT2D eigenvalue weighted by Crippen LogP contribution is -2.31. The minimum atomic E-state index is -0.638. The van der Waals surface area contributed by atoms with E-state index in [1.165, 1.54) is 0 Å². The zero-order valence-corrected chi connectivity index (χ0v) is 15.4. The predicted octanol–water partition coefficient (Wildman–Crippen LogP) is 3.55. The minimum Gasteiger partial charge on any atom is -0.455 e. The second-order valence-corrected chi connectivity index (χ2v) is 7.72. The highest BCUT2D eigenvalue weighted by atomic mass is 35.5. The first kappa shape index (κ1) is 16.8. The van der Waals surface area contributed by atoms with Gasteiger partial charge in [-0.05, 0) is 32.9 Å². The lowest BCUT2D eigenvalue weighted by molar-refractivity contribution is 0.00600. The number of carbonyl (C=O) groups excluding carboxylic acids is 2. The molecule has 6 nitrogen and oxygen atoms in total. The summed E-state index contributed by atoms with van der Waals surface area (Å²) < 4.78 is 7.27. The van der Waals surface area contributed by atoms with E-state index in [2.05, 4.69) is 4.98 Å². The summed E-state index contributed by atoms with van der Waals surface area (Å²) in [7, 11) is 0. The molecule has 3 heterocycles. The molecule has 1 amide bonds. The highest BCUT2D eigenvalue weighted by molar-refractivity contribution is 6.34. The third-order valence-corrected chi connectivity index (χ3v) is 4.67. The molecule has 0 unspecified atom stereocenters. The Bertz CT molecular complexity index is 955. The van der Waals surface area contributed by atoms with Crippen molar-refractivity contribution < 1.29 is 14.3 Å². The summed E-state index contributed by atoms with van der Waals surface area (Å²) in [4.78, 5) is 31.8. The average molecular weight is 372 g/mol. The molecule has 0 spiro atoms. The van der Waals surface area contributed by atoms with Crippen LogP contribution in [0.15, 0.2) is 36.7 Å². The van der Waals surface area contributed by atoms with Crippen LogP contribution >= 0.6 is 11.6 Å². The van der Waals surface area contributed by atoms with E-state index in [9.17, 15) is 9.59 Å². The smallest absolute Gasteiger partial charge is 0.359 e. The Morgan fingerprint density at radius 2 is 2.12 bits per heavy atom. The normalized spacial score (nSPS) is 18.2. The van der Waals surface area contributed by atoms with Crippen molar-refractivity contribution in [2.45, 2.75) is 32.4 Å². The van der Waals surface area contributed by atoms with E-state index in [4.69, 9.17) is 16.3 Å². The van der Waals surface area contributed by atoms with Crippen LogP contribution in [0, 0.1) is 0 Å². The summed E-state index contributed by atoms with van der Waals surface area (Å²) in [6.45, 7) is 5.87. The molecule has 4 rings (SSSR count). The van der Waals surface area contributed by atoms with Gasteiger partial charge in [0.15, 0.2) is 5.69 Å². The Labute approximate surface area is 156 Å². The van der Waals surface area contributed by atoms with Gasteiger partial charge in [-0.1, -0.05) is 29.8 Å². The molecule has 0 fully saturated rings. The molecule has 1 aromatic carbocycles. The number of rotatable bonds is 1. The van der Waals surface area contributed by atoms with Crippen LogP contribution in [0.25, 0.3) is 5.69 Å². The molecule has 0 N–H and O–H groups in total. The van der Waals surface area contributed by atoms with Crippen molar-refractivity contribution in [2.75, 3.05) is 6.54 Å². The molecule has 2 aliphatic heterocycles. The van der Waals surface area contributed by atoms with Gasteiger partial charge >= 0.3 is 5.97 Å². The van der Waals surface area contributed by atoms with E-state index in [1.54, 1.807) is 54.8 Å². The summed E-state index contributed by atoms with van der Waals surface area (Å²) in [5.74, 6) is -0.677. The van der Waals surface area contributed by atoms with Crippen LogP contribution in [0.1, 0.15) is 53.4 Å².